The number of anilines is 1. The lowest BCUT2D eigenvalue weighted by atomic mass is 10.1. The molecule has 0 unspecified atom stereocenters. The molecule has 2 aromatic carbocycles. The van der Waals surface area contributed by atoms with Crippen LogP contribution in [0.15, 0.2) is 42.5 Å². The molecule has 1 amide bonds. The van der Waals surface area contributed by atoms with Crippen LogP contribution in [0, 0.1) is 6.92 Å². The van der Waals surface area contributed by atoms with Gasteiger partial charge in [0.2, 0.25) is 5.91 Å². The minimum Gasteiger partial charge on any atom is -0.482 e. The Morgan fingerprint density at radius 2 is 1.95 bits per heavy atom. The number of aromatic nitrogens is 3. The molecule has 0 bridgehead atoms. The predicted octanol–water partition coefficient (Wildman–Crippen LogP) is 4.21. The van der Waals surface area contributed by atoms with Crippen LogP contribution in [0.2, 0.25) is 0 Å². The number of hydrogen-bond donors (Lipinski definition) is 2. The summed E-state index contributed by atoms with van der Waals surface area (Å²) in [6.07, 6.45) is 1.24. The van der Waals surface area contributed by atoms with Crippen molar-refractivity contribution in [1.29, 1.82) is 0 Å². The fraction of sp³-hybridized carbons (Fsp3) is 0.357. The van der Waals surface area contributed by atoms with E-state index in [1.54, 1.807) is 18.1 Å². The van der Waals surface area contributed by atoms with E-state index in [0.717, 1.165) is 33.4 Å². The Balaban J connectivity index is 0.00000441. The van der Waals surface area contributed by atoms with Crippen molar-refractivity contribution in [1.82, 2.24) is 19.4 Å². The van der Waals surface area contributed by atoms with Gasteiger partial charge >= 0.3 is 5.97 Å². The Morgan fingerprint density at radius 1 is 1.18 bits per heavy atom. The van der Waals surface area contributed by atoms with E-state index >= 15 is 0 Å². The number of pyridine rings is 1. The number of amides is 1. The van der Waals surface area contributed by atoms with E-state index in [1.165, 1.54) is 0 Å². The van der Waals surface area contributed by atoms with Gasteiger partial charge in [-0.05, 0) is 36.6 Å². The largest absolute Gasteiger partial charge is 0.482 e. The lowest BCUT2D eigenvalue weighted by Gasteiger charge is -2.23. The van der Waals surface area contributed by atoms with Crippen LogP contribution in [0.25, 0.3) is 21.9 Å². The third-order valence-electron chi connectivity index (χ3n) is 6.47. The van der Waals surface area contributed by atoms with Crippen molar-refractivity contribution in [3.8, 4) is 5.75 Å². The maximum Gasteiger partial charge on any atom is 0.341 e. The number of aryl methyl sites for hydroxylation is 2. The molecule has 0 aliphatic carbocycles. The molecule has 0 aliphatic rings. The van der Waals surface area contributed by atoms with E-state index in [4.69, 9.17) is 36.9 Å². The Hall–Kier alpha value is -3.60. The normalized spacial score (nSPS) is 11.0. The summed E-state index contributed by atoms with van der Waals surface area (Å²) in [4.78, 5) is 34.7. The van der Waals surface area contributed by atoms with Gasteiger partial charge in [-0.15, -0.1) is 24.0 Å². The smallest absolute Gasteiger partial charge is 0.341 e. The van der Waals surface area contributed by atoms with Crippen molar-refractivity contribution in [3.63, 3.8) is 0 Å². The van der Waals surface area contributed by atoms with Crippen LogP contribution in [0.4, 0.5) is 5.82 Å². The van der Waals surface area contributed by atoms with Gasteiger partial charge in [-0.3, -0.25) is 4.79 Å². The number of methoxy groups -OCH3 is 1. The highest BCUT2D eigenvalue weighted by Gasteiger charge is 2.19. The number of nitrogens with two attached hydrogens (primary N) is 1. The lowest BCUT2D eigenvalue weighted by molar-refractivity contribution is -0.139. The van der Waals surface area contributed by atoms with Crippen LogP contribution < -0.4 is 10.5 Å². The average molecular weight is 591 g/mol. The molecule has 0 aliphatic heterocycles. The van der Waals surface area contributed by atoms with Crippen LogP contribution in [-0.2, 0) is 33.8 Å². The second-order valence-electron chi connectivity index (χ2n) is 9.22. The number of aliphatic carboxylic acids is 1. The summed E-state index contributed by atoms with van der Waals surface area (Å²) in [5, 5.41) is 9.91. The van der Waals surface area contributed by atoms with Gasteiger partial charge in [-0.2, -0.15) is 0 Å². The number of halogens is 2. The third kappa shape index (κ3) is 7.12. The Labute approximate surface area is 243 Å². The first kappa shape index (κ1) is 30.9. The zero-order chi connectivity index (χ0) is 27.9. The summed E-state index contributed by atoms with van der Waals surface area (Å²) in [5.74, 6) is 0.291. The molecule has 4 rings (SSSR count). The maximum atomic E-state index is 12.7. The van der Waals surface area contributed by atoms with Gasteiger partial charge in [0, 0.05) is 38.6 Å². The quantitative estimate of drug-likeness (QED) is 0.222. The van der Waals surface area contributed by atoms with E-state index in [1.807, 2.05) is 43.3 Å². The van der Waals surface area contributed by atoms with E-state index in [-0.39, 0.29) is 24.2 Å². The van der Waals surface area contributed by atoms with Gasteiger partial charge in [-0.25, -0.2) is 14.8 Å². The molecule has 10 nitrogen and oxygen atoms in total. The third-order valence-corrected chi connectivity index (χ3v) is 6.70. The number of carbonyl (C=O) groups excluding carboxylic acids is 1. The summed E-state index contributed by atoms with van der Waals surface area (Å²) in [7, 11) is 1.65. The number of carboxylic acids is 1. The zero-order valence-corrected chi connectivity index (χ0v) is 24.0. The summed E-state index contributed by atoms with van der Waals surface area (Å²) in [5.41, 5.74) is 10.3. The summed E-state index contributed by atoms with van der Waals surface area (Å²) in [6, 6.07) is 13.3. The second kappa shape index (κ2) is 14.2. The number of ether oxygens (including phenoxy) is 2. The van der Waals surface area contributed by atoms with Crippen molar-refractivity contribution in [3.05, 3.63) is 59.4 Å². The molecule has 0 atom stereocenters. The van der Waals surface area contributed by atoms with Crippen LogP contribution in [0.1, 0.15) is 23.4 Å². The molecule has 2 heterocycles. The number of rotatable bonds is 13. The van der Waals surface area contributed by atoms with Gasteiger partial charge in [0.15, 0.2) is 12.4 Å². The van der Waals surface area contributed by atoms with Crippen LogP contribution in [0.3, 0.4) is 0 Å². The van der Waals surface area contributed by atoms with Crippen LogP contribution in [0.5, 0.6) is 5.75 Å². The molecule has 40 heavy (non-hydrogen) atoms. The second-order valence-corrected chi connectivity index (χ2v) is 9.49. The van der Waals surface area contributed by atoms with Gasteiger partial charge in [0.25, 0.3) is 0 Å². The van der Waals surface area contributed by atoms with Crippen molar-refractivity contribution in [2.24, 2.45) is 0 Å². The molecule has 0 radical (unpaired) electrons. The minimum absolute atomic E-state index is 0. The molecule has 0 spiro atoms. The standard InChI is InChI=1S/C28H32ClN5O5.ClH/c1-18-8-9-19(14-22(18)39-17-25(36)37)16-33(24(35)15-29)11-5-12-34-23(10-13-38-2)32-26-27(34)20-6-3-4-7-21(20)31-28(26)30;/h3-4,6-9,14H,5,10-13,15-17H2,1-2H3,(H2,30,31)(H,36,37);1H. The maximum absolute atomic E-state index is 12.7. The Bertz CT molecular complexity index is 1490. The first-order valence-corrected chi connectivity index (χ1v) is 13.2. The highest BCUT2D eigenvalue weighted by Crippen LogP contribution is 2.29. The molecule has 12 heteroatoms. The molecule has 3 N–H and O–H groups in total. The van der Waals surface area contributed by atoms with Crippen molar-refractivity contribution in [2.45, 2.75) is 32.9 Å². The molecule has 0 saturated heterocycles. The molecule has 214 valence electrons. The topological polar surface area (TPSA) is 133 Å². The lowest BCUT2D eigenvalue weighted by Crippen LogP contribution is -2.33. The molecule has 0 fully saturated rings. The van der Waals surface area contributed by atoms with E-state index in [9.17, 15) is 9.59 Å². The van der Waals surface area contributed by atoms with E-state index in [0.29, 0.717) is 56.2 Å². The highest BCUT2D eigenvalue weighted by molar-refractivity contribution is 6.27. The number of nitrogens with zero attached hydrogens (tertiary/aromatic N) is 4. The monoisotopic (exact) mass is 589 g/mol. The summed E-state index contributed by atoms with van der Waals surface area (Å²) < 4.78 is 12.9. The molecular formula is C28H33Cl2N5O5. The van der Waals surface area contributed by atoms with E-state index in [2.05, 4.69) is 9.55 Å². The number of nitrogen functional groups attached to an aromatic ring is 1. The van der Waals surface area contributed by atoms with Gasteiger partial charge in [0.1, 0.15) is 23.0 Å². The van der Waals surface area contributed by atoms with Crippen molar-refractivity contribution < 1.29 is 24.2 Å². The number of carbonyl (C=O) groups is 2. The number of alkyl halides is 1. The number of carboxylic acid groups (broad SMARTS) is 1. The predicted molar refractivity (Wildman–Crippen MR) is 157 cm³/mol. The highest BCUT2D eigenvalue weighted by atomic mass is 35.5. The average Bonchev–Trinajstić information content (AvgIpc) is 3.30. The SMILES string of the molecule is COCCc1nc2c(N)nc3ccccc3c2n1CCCN(Cc1ccc(C)c(OCC(=O)O)c1)C(=O)CCl.Cl. The number of para-hydroxylation sites is 1. The minimum atomic E-state index is -1.05. The Kier molecular flexibility index (Phi) is 10.9. The van der Waals surface area contributed by atoms with Crippen LogP contribution in [-0.4, -0.2) is 69.2 Å². The number of fused-ring (bicyclic) bond motifs is 3. The Morgan fingerprint density at radius 3 is 2.67 bits per heavy atom. The number of imidazole rings is 1. The van der Waals surface area contributed by atoms with Crippen molar-refractivity contribution >= 4 is 63.6 Å². The zero-order valence-electron chi connectivity index (χ0n) is 22.4. The van der Waals surface area contributed by atoms with Crippen molar-refractivity contribution in [2.75, 3.05) is 38.5 Å². The van der Waals surface area contributed by atoms with Gasteiger partial charge < -0.3 is 29.8 Å². The molecule has 4 aromatic rings. The first-order valence-electron chi connectivity index (χ1n) is 12.6. The number of hydrogen-bond acceptors (Lipinski definition) is 7. The summed E-state index contributed by atoms with van der Waals surface area (Å²) >= 11 is 5.94. The fourth-order valence-corrected chi connectivity index (χ4v) is 4.75. The van der Waals surface area contributed by atoms with Gasteiger partial charge in [-0.1, -0.05) is 30.3 Å². The summed E-state index contributed by atoms with van der Waals surface area (Å²) in [6.45, 7) is 3.27. The van der Waals surface area contributed by atoms with Gasteiger partial charge in [0.05, 0.1) is 17.6 Å². The van der Waals surface area contributed by atoms with Crippen LogP contribution >= 0.6 is 24.0 Å². The molecule has 0 saturated carbocycles. The fourth-order valence-electron chi connectivity index (χ4n) is 4.58. The molecular weight excluding hydrogens is 557 g/mol. The first-order chi connectivity index (χ1) is 18.8. The van der Waals surface area contributed by atoms with E-state index < -0.39 is 12.6 Å². The molecule has 2 aromatic heterocycles. The number of benzene rings is 2.